The molecule has 0 unspecified atom stereocenters. The molecule has 19 heavy (non-hydrogen) atoms. The second-order valence-electron chi connectivity index (χ2n) is 4.70. The topological polar surface area (TPSA) is 50.3 Å². The second-order valence-corrected chi connectivity index (χ2v) is 7.40. The number of hydrogen-bond acceptors (Lipinski definition) is 3. The summed E-state index contributed by atoms with van der Waals surface area (Å²) in [7, 11) is -3.51. The molecule has 106 valence electrons. The Bertz CT molecular complexity index is 555. The summed E-state index contributed by atoms with van der Waals surface area (Å²) in [5.74, 6) is 0.624. The predicted octanol–water partition coefficient (Wildman–Crippen LogP) is 3.20. The predicted molar refractivity (Wildman–Crippen MR) is 76.0 cm³/mol. The third-order valence-electron chi connectivity index (χ3n) is 3.56. The molecule has 0 saturated carbocycles. The van der Waals surface area contributed by atoms with Crippen molar-refractivity contribution >= 4 is 33.2 Å². The van der Waals surface area contributed by atoms with E-state index in [9.17, 15) is 8.42 Å². The molecule has 2 heterocycles. The first-order chi connectivity index (χ1) is 8.95. The van der Waals surface area contributed by atoms with E-state index < -0.39 is 10.0 Å². The van der Waals surface area contributed by atoms with Gasteiger partial charge in [0.05, 0.1) is 5.02 Å². The molecule has 1 fully saturated rings. The lowest BCUT2D eigenvalue weighted by Gasteiger charge is -2.30. The van der Waals surface area contributed by atoms with Gasteiger partial charge >= 0.3 is 0 Å². The Kier molecular flexibility index (Phi) is 4.71. The molecular weight excluding hydrogens is 307 g/mol. The minimum Gasteiger partial charge on any atom is -0.242 e. The first-order valence-corrected chi connectivity index (χ1v) is 8.46. The summed E-state index contributed by atoms with van der Waals surface area (Å²) >= 11 is 11.5. The molecule has 4 nitrogen and oxygen atoms in total. The van der Waals surface area contributed by atoms with Gasteiger partial charge in [-0.2, -0.15) is 4.31 Å². The fourth-order valence-electron chi connectivity index (χ4n) is 2.25. The molecule has 0 aliphatic carbocycles. The van der Waals surface area contributed by atoms with Gasteiger partial charge in [-0.3, -0.25) is 0 Å². The number of hydrogen-bond donors (Lipinski definition) is 0. The largest absolute Gasteiger partial charge is 0.244 e. The van der Waals surface area contributed by atoms with Crippen molar-refractivity contribution in [2.75, 3.05) is 13.1 Å². The molecule has 2 rings (SSSR count). The van der Waals surface area contributed by atoms with Crippen LogP contribution in [0.3, 0.4) is 0 Å². The number of aromatic nitrogens is 1. The highest BCUT2D eigenvalue weighted by Crippen LogP contribution is 2.27. The van der Waals surface area contributed by atoms with Gasteiger partial charge in [0, 0.05) is 19.3 Å². The van der Waals surface area contributed by atoms with Crippen molar-refractivity contribution in [3.8, 4) is 0 Å². The van der Waals surface area contributed by atoms with Crippen LogP contribution in [0.15, 0.2) is 17.2 Å². The molecule has 0 amide bonds. The van der Waals surface area contributed by atoms with E-state index in [4.69, 9.17) is 23.2 Å². The van der Waals surface area contributed by atoms with Gasteiger partial charge in [-0.1, -0.05) is 36.5 Å². The molecule has 0 spiro atoms. The lowest BCUT2D eigenvalue weighted by atomic mass is 9.96. The van der Waals surface area contributed by atoms with E-state index >= 15 is 0 Å². The number of halogens is 2. The summed E-state index contributed by atoms with van der Waals surface area (Å²) in [6.45, 7) is 3.25. The van der Waals surface area contributed by atoms with Crippen LogP contribution in [0.25, 0.3) is 0 Å². The monoisotopic (exact) mass is 322 g/mol. The highest BCUT2D eigenvalue weighted by molar-refractivity contribution is 7.89. The molecule has 1 aromatic heterocycles. The zero-order valence-electron chi connectivity index (χ0n) is 10.6. The second kappa shape index (κ2) is 5.95. The van der Waals surface area contributed by atoms with Crippen molar-refractivity contribution in [1.29, 1.82) is 0 Å². The smallest absolute Gasteiger partial charge is 0.242 e. The first-order valence-electron chi connectivity index (χ1n) is 6.26. The molecule has 1 aromatic rings. The molecule has 0 N–H and O–H groups in total. The molecule has 0 aromatic carbocycles. The minimum absolute atomic E-state index is 0.108. The first kappa shape index (κ1) is 15.0. The van der Waals surface area contributed by atoms with Crippen molar-refractivity contribution in [1.82, 2.24) is 9.29 Å². The number of nitrogens with zero attached hydrogens (tertiary/aromatic N) is 2. The average molecular weight is 323 g/mol. The lowest BCUT2D eigenvalue weighted by Crippen LogP contribution is -2.38. The molecule has 0 radical (unpaired) electrons. The van der Waals surface area contributed by atoms with Gasteiger partial charge in [-0.05, 0) is 24.8 Å². The highest BCUT2D eigenvalue weighted by Gasteiger charge is 2.29. The Labute approximate surface area is 123 Å². The van der Waals surface area contributed by atoms with Crippen LogP contribution in [0.5, 0.6) is 0 Å². The summed E-state index contributed by atoms with van der Waals surface area (Å²) in [5.41, 5.74) is 0. The number of rotatable bonds is 3. The average Bonchev–Trinajstić information content (AvgIpc) is 2.41. The van der Waals surface area contributed by atoms with Crippen LogP contribution in [-0.2, 0) is 10.0 Å². The van der Waals surface area contributed by atoms with Crippen LogP contribution in [0.1, 0.15) is 26.2 Å². The van der Waals surface area contributed by atoms with Crippen LogP contribution in [0.4, 0.5) is 0 Å². The van der Waals surface area contributed by atoms with E-state index in [2.05, 4.69) is 11.9 Å². The molecule has 0 bridgehead atoms. The van der Waals surface area contributed by atoms with Gasteiger partial charge < -0.3 is 0 Å². The fraction of sp³-hybridized carbons (Fsp3) is 0.583. The van der Waals surface area contributed by atoms with Crippen LogP contribution in [0, 0.1) is 5.92 Å². The zero-order valence-corrected chi connectivity index (χ0v) is 13.0. The van der Waals surface area contributed by atoms with E-state index in [0.29, 0.717) is 19.0 Å². The third kappa shape index (κ3) is 3.21. The van der Waals surface area contributed by atoms with Gasteiger partial charge in [0.25, 0.3) is 0 Å². The van der Waals surface area contributed by atoms with Crippen molar-refractivity contribution in [2.24, 2.45) is 5.92 Å². The molecule has 1 saturated heterocycles. The van der Waals surface area contributed by atoms with E-state index in [-0.39, 0.29) is 15.1 Å². The van der Waals surface area contributed by atoms with Crippen molar-refractivity contribution in [2.45, 2.75) is 31.1 Å². The van der Waals surface area contributed by atoms with Crippen LogP contribution in [-0.4, -0.2) is 30.8 Å². The Morgan fingerprint density at radius 2 is 2.00 bits per heavy atom. The maximum atomic E-state index is 12.4. The quantitative estimate of drug-likeness (QED) is 0.803. The van der Waals surface area contributed by atoms with Gasteiger partial charge in [0.2, 0.25) is 10.0 Å². The zero-order chi connectivity index (χ0) is 14.0. The van der Waals surface area contributed by atoms with Gasteiger partial charge in [-0.25, -0.2) is 13.4 Å². The molecular formula is C12H16Cl2N2O2S. The van der Waals surface area contributed by atoms with Crippen molar-refractivity contribution in [3.63, 3.8) is 0 Å². The molecule has 1 aliphatic heterocycles. The number of pyridine rings is 1. The Morgan fingerprint density at radius 3 is 2.53 bits per heavy atom. The normalized spacial score (nSPS) is 18.7. The van der Waals surface area contributed by atoms with Crippen LogP contribution in [0.2, 0.25) is 10.2 Å². The SMILES string of the molecule is CCC1CCN(S(=O)(=O)c2cnc(Cl)c(Cl)c2)CC1. The van der Waals surface area contributed by atoms with Gasteiger partial charge in [0.1, 0.15) is 10.0 Å². The third-order valence-corrected chi connectivity index (χ3v) is 6.11. The summed E-state index contributed by atoms with van der Waals surface area (Å²) < 4.78 is 26.4. The molecule has 7 heteroatoms. The van der Waals surface area contributed by atoms with Crippen LogP contribution >= 0.6 is 23.2 Å². The van der Waals surface area contributed by atoms with Crippen LogP contribution < -0.4 is 0 Å². The maximum absolute atomic E-state index is 12.4. The molecule has 0 atom stereocenters. The van der Waals surface area contributed by atoms with E-state index in [1.54, 1.807) is 0 Å². The highest BCUT2D eigenvalue weighted by atomic mass is 35.5. The summed E-state index contributed by atoms with van der Waals surface area (Å²) in [6.07, 6.45) is 4.17. The van der Waals surface area contributed by atoms with Crippen molar-refractivity contribution in [3.05, 3.63) is 22.4 Å². The van der Waals surface area contributed by atoms with Gasteiger partial charge in [-0.15, -0.1) is 0 Å². The minimum atomic E-state index is -3.51. The lowest BCUT2D eigenvalue weighted by molar-refractivity contribution is 0.269. The number of sulfonamides is 1. The van der Waals surface area contributed by atoms with Gasteiger partial charge in [0.15, 0.2) is 0 Å². The summed E-state index contributed by atoms with van der Waals surface area (Å²) in [6, 6.07) is 1.36. The van der Waals surface area contributed by atoms with E-state index in [1.807, 2.05) is 0 Å². The van der Waals surface area contributed by atoms with E-state index in [1.165, 1.54) is 16.6 Å². The summed E-state index contributed by atoms with van der Waals surface area (Å²) in [4.78, 5) is 3.91. The Hall–Kier alpha value is -0.360. The molecule has 1 aliphatic rings. The number of piperidine rings is 1. The maximum Gasteiger partial charge on any atom is 0.244 e. The summed E-state index contributed by atoms with van der Waals surface area (Å²) in [5, 5.41) is 0.275. The van der Waals surface area contributed by atoms with E-state index in [0.717, 1.165) is 19.3 Å². The Morgan fingerprint density at radius 1 is 1.37 bits per heavy atom. The standard InChI is InChI=1S/C12H16Cl2N2O2S/c1-2-9-3-5-16(6-4-9)19(17,18)10-7-11(13)12(14)15-8-10/h7-9H,2-6H2,1H3. The Balaban J connectivity index is 2.21. The fourth-order valence-corrected chi connectivity index (χ4v) is 4.03. The van der Waals surface area contributed by atoms with Crippen molar-refractivity contribution < 1.29 is 8.42 Å².